The van der Waals surface area contributed by atoms with Gasteiger partial charge in [0.2, 0.25) is 0 Å². The van der Waals surface area contributed by atoms with Gasteiger partial charge in [-0.3, -0.25) is 14.9 Å². The van der Waals surface area contributed by atoms with Crippen LogP contribution in [-0.4, -0.2) is 22.2 Å². The smallest absolute Gasteiger partial charge is 0.273 e. The molecular formula is C15H12N3O5-. The van der Waals surface area contributed by atoms with Crippen LogP contribution in [-0.2, 0) is 4.79 Å². The molecule has 0 saturated heterocycles. The number of hydrazone groups is 1. The zero-order valence-electron chi connectivity index (χ0n) is 11.7. The summed E-state index contributed by atoms with van der Waals surface area (Å²) in [7, 11) is 0. The van der Waals surface area contributed by atoms with Crippen molar-refractivity contribution in [2.75, 3.05) is 0 Å². The molecule has 8 heteroatoms. The van der Waals surface area contributed by atoms with Gasteiger partial charge in [-0.2, -0.15) is 5.10 Å². The number of nitro benzene ring substituents is 1. The van der Waals surface area contributed by atoms with Crippen molar-refractivity contribution in [3.63, 3.8) is 0 Å². The Hall–Kier alpha value is -3.26. The maximum atomic E-state index is 11.7. The van der Waals surface area contributed by atoms with E-state index in [9.17, 15) is 25.1 Å². The maximum Gasteiger partial charge on any atom is 0.273 e. The van der Waals surface area contributed by atoms with Crippen LogP contribution in [0.1, 0.15) is 17.2 Å². The van der Waals surface area contributed by atoms with Crippen LogP contribution in [0, 0.1) is 10.1 Å². The lowest BCUT2D eigenvalue weighted by molar-refractivity contribution is -0.398. The summed E-state index contributed by atoms with van der Waals surface area (Å²) in [6, 6.07) is 11.7. The molecule has 0 radical (unpaired) electrons. The molecule has 0 aliphatic heterocycles. The maximum absolute atomic E-state index is 11.7. The predicted molar refractivity (Wildman–Crippen MR) is 79.7 cm³/mol. The zero-order valence-corrected chi connectivity index (χ0v) is 11.7. The van der Waals surface area contributed by atoms with Crippen LogP contribution in [0.2, 0.25) is 0 Å². The Bertz CT molecular complexity index is 746. The van der Waals surface area contributed by atoms with Crippen molar-refractivity contribution in [3.8, 4) is 5.75 Å². The first-order valence-corrected chi connectivity index (χ1v) is 6.50. The highest BCUT2D eigenvalue weighted by Gasteiger charge is 2.16. The van der Waals surface area contributed by atoms with Gasteiger partial charge in [0, 0.05) is 11.6 Å². The number of hydrogen-bond donors (Lipinski definition) is 2. The van der Waals surface area contributed by atoms with Crippen molar-refractivity contribution in [2.45, 2.75) is 6.10 Å². The highest BCUT2D eigenvalue weighted by Crippen LogP contribution is 2.22. The zero-order chi connectivity index (χ0) is 16.8. The summed E-state index contributed by atoms with van der Waals surface area (Å²) < 4.78 is 0. The monoisotopic (exact) mass is 314 g/mol. The average molecular weight is 314 g/mol. The molecule has 118 valence electrons. The Morgan fingerprint density at radius 1 is 1.26 bits per heavy atom. The number of nitrogens with zero attached hydrogens (tertiary/aromatic N) is 2. The molecule has 0 aromatic heterocycles. The molecule has 0 fully saturated rings. The number of carbonyl (C=O) groups is 1. The van der Waals surface area contributed by atoms with Crippen LogP contribution in [0.5, 0.6) is 5.75 Å². The Labute approximate surface area is 130 Å². The van der Waals surface area contributed by atoms with Crippen LogP contribution in [0.3, 0.4) is 0 Å². The van der Waals surface area contributed by atoms with Gasteiger partial charge < -0.3 is 10.2 Å². The van der Waals surface area contributed by atoms with Gasteiger partial charge in [-0.25, -0.2) is 5.43 Å². The Balaban J connectivity index is 2.03. The van der Waals surface area contributed by atoms with E-state index in [0.717, 1.165) is 18.3 Å². The molecule has 2 rings (SSSR count). The van der Waals surface area contributed by atoms with Crippen molar-refractivity contribution in [2.24, 2.45) is 5.10 Å². The third kappa shape index (κ3) is 4.11. The Kier molecular flexibility index (Phi) is 5.00. The molecule has 0 heterocycles. The average Bonchev–Trinajstić information content (AvgIpc) is 2.56. The van der Waals surface area contributed by atoms with E-state index in [0.29, 0.717) is 5.56 Å². The van der Waals surface area contributed by atoms with Crippen LogP contribution in [0.15, 0.2) is 53.6 Å². The topological polar surface area (TPSA) is 128 Å². The van der Waals surface area contributed by atoms with Crippen LogP contribution < -0.4 is 10.5 Å². The van der Waals surface area contributed by atoms with Gasteiger partial charge in [0.05, 0.1) is 11.1 Å². The molecule has 1 amide bonds. The van der Waals surface area contributed by atoms with Gasteiger partial charge >= 0.3 is 0 Å². The molecule has 8 nitrogen and oxygen atoms in total. The molecule has 0 aliphatic carbocycles. The number of nitro groups is 1. The highest BCUT2D eigenvalue weighted by atomic mass is 16.6. The number of hydrogen-bond acceptors (Lipinski definition) is 6. The van der Waals surface area contributed by atoms with E-state index in [1.54, 1.807) is 30.3 Å². The minimum absolute atomic E-state index is 0.269. The van der Waals surface area contributed by atoms with E-state index < -0.39 is 28.4 Å². The second-order valence-corrected chi connectivity index (χ2v) is 4.53. The fourth-order valence-electron chi connectivity index (χ4n) is 1.78. The van der Waals surface area contributed by atoms with Crippen molar-refractivity contribution < 1.29 is 19.9 Å². The molecule has 2 N–H and O–H groups in total. The molecule has 23 heavy (non-hydrogen) atoms. The predicted octanol–water partition coefficient (Wildman–Crippen LogP) is 0.852. The lowest BCUT2D eigenvalue weighted by atomic mass is 10.1. The first kappa shape index (κ1) is 16.1. The highest BCUT2D eigenvalue weighted by molar-refractivity contribution is 5.85. The SMILES string of the molecule is O=C(N/N=C\c1ccc([O-])c([N+](=O)[O-])c1)[C@H](O)c1ccccc1. The van der Waals surface area contributed by atoms with Gasteiger partial charge in [-0.15, -0.1) is 0 Å². The summed E-state index contributed by atoms with van der Waals surface area (Å²) in [5.41, 5.74) is 2.22. The molecule has 0 spiro atoms. The number of rotatable bonds is 5. The van der Waals surface area contributed by atoms with Crippen LogP contribution in [0.25, 0.3) is 0 Å². The number of amides is 1. The molecule has 0 bridgehead atoms. The number of nitrogens with one attached hydrogen (secondary N) is 1. The molecule has 0 aliphatic rings. The minimum Gasteiger partial charge on any atom is -0.868 e. The lowest BCUT2D eigenvalue weighted by Crippen LogP contribution is -2.25. The van der Waals surface area contributed by atoms with E-state index in [4.69, 9.17) is 0 Å². The first-order chi connectivity index (χ1) is 11.0. The normalized spacial score (nSPS) is 12.0. The standard InChI is InChI=1S/C15H13N3O5/c19-13-7-6-10(8-12(13)18(22)23)9-16-17-15(21)14(20)11-4-2-1-3-5-11/h1-9,14,19-20H,(H,17,21)/p-1/b16-9-/t14-/m1/s1. The van der Waals surface area contributed by atoms with Crippen molar-refractivity contribution in [1.82, 2.24) is 5.43 Å². The van der Waals surface area contributed by atoms with Gasteiger partial charge in [-0.1, -0.05) is 42.5 Å². The van der Waals surface area contributed by atoms with Crippen LogP contribution in [0.4, 0.5) is 5.69 Å². The number of benzene rings is 2. The first-order valence-electron chi connectivity index (χ1n) is 6.50. The van der Waals surface area contributed by atoms with Gasteiger partial charge in [0.1, 0.15) is 0 Å². The molecule has 1 atom stereocenters. The summed E-state index contributed by atoms with van der Waals surface area (Å²) in [6.07, 6.45) is -0.242. The molecule has 0 unspecified atom stereocenters. The summed E-state index contributed by atoms with van der Waals surface area (Å²) in [6.45, 7) is 0. The van der Waals surface area contributed by atoms with E-state index in [2.05, 4.69) is 10.5 Å². The van der Waals surface area contributed by atoms with Crippen molar-refractivity contribution >= 4 is 17.8 Å². The number of aliphatic hydroxyl groups excluding tert-OH is 1. The van der Waals surface area contributed by atoms with Crippen molar-refractivity contribution in [3.05, 3.63) is 69.8 Å². The third-order valence-corrected chi connectivity index (χ3v) is 2.93. The molecular weight excluding hydrogens is 302 g/mol. The third-order valence-electron chi connectivity index (χ3n) is 2.93. The second kappa shape index (κ2) is 7.14. The fraction of sp³-hybridized carbons (Fsp3) is 0.0667. The second-order valence-electron chi connectivity index (χ2n) is 4.53. The van der Waals surface area contributed by atoms with E-state index >= 15 is 0 Å². The molecule has 0 saturated carbocycles. The van der Waals surface area contributed by atoms with Gasteiger partial charge in [0.15, 0.2) is 6.10 Å². The quantitative estimate of drug-likeness (QED) is 0.480. The van der Waals surface area contributed by atoms with E-state index in [1.165, 1.54) is 6.07 Å². The van der Waals surface area contributed by atoms with Crippen LogP contribution >= 0.6 is 0 Å². The summed E-state index contributed by atoms with van der Waals surface area (Å²) in [5, 5.41) is 35.3. The lowest BCUT2D eigenvalue weighted by Gasteiger charge is -2.08. The Morgan fingerprint density at radius 3 is 2.61 bits per heavy atom. The Morgan fingerprint density at radius 2 is 1.96 bits per heavy atom. The largest absolute Gasteiger partial charge is 0.868 e. The van der Waals surface area contributed by atoms with E-state index in [-0.39, 0.29) is 5.56 Å². The summed E-state index contributed by atoms with van der Waals surface area (Å²) >= 11 is 0. The van der Waals surface area contributed by atoms with Crippen molar-refractivity contribution in [1.29, 1.82) is 0 Å². The molecule has 2 aromatic rings. The van der Waals surface area contributed by atoms with Gasteiger partial charge in [-0.05, 0) is 11.3 Å². The summed E-state index contributed by atoms with van der Waals surface area (Å²) in [4.78, 5) is 21.6. The van der Waals surface area contributed by atoms with Gasteiger partial charge in [0.25, 0.3) is 11.6 Å². The number of carbonyl (C=O) groups excluding carboxylic acids is 1. The molecule has 2 aromatic carbocycles. The van der Waals surface area contributed by atoms with E-state index in [1.807, 2.05) is 0 Å². The number of aliphatic hydroxyl groups is 1. The minimum atomic E-state index is -1.38. The summed E-state index contributed by atoms with van der Waals surface area (Å²) in [5.74, 6) is -1.46. The fourth-order valence-corrected chi connectivity index (χ4v) is 1.78.